The molecular weight excluding hydrogens is 489 g/mol. The topological polar surface area (TPSA) is 76.4 Å². The Hall–Kier alpha value is -2.72. The third kappa shape index (κ3) is 8.97. The van der Waals surface area contributed by atoms with Crippen molar-refractivity contribution < 1.29 is 24.8 Å². The smallest absolute Gasteiger partial charge is 0.337 e. The van der Waals surface area contributed by atoms with Gasteiger partial charge in [0, 0.05) is 4.47 Å². The number of alkyl halides is 1. The maximum Gasteiger partial charge on any atom is 0.337 e. The molecule has 0 aliphatic carbocycles. The van der Waals surface area contributed by atoms with Crippen LogP contribution in [-0.2, 0) is 20.3 Å². The van der Waals surface area contributed by atoms with Gasteiger partial charge in [-0.1, -0.05) is 69.6 Å². The van der Waals surface area contributed by atoms with Crippen molar-refractivity contribution in [2.24, 2.45) is 0 Å². The van der Waals surface area contributed by atoms with E-state index in [0.717, 1.165) is 10.0 Å². The molecule has 7 heteroatoms. The Labute approximate surface area is 206 Å². The molecule has 0 spiro atoms. The van der Waals surface area contributed by atoms with E-state index in [1.54, 1.807) is 24.3 Å². The van der Waals surface area contributed by atoms with Gasteiger partial charge in [-0.05, 0) is 46.2 Å². The van der Waals surface area contributed by atoms with Crippen molar-refractivity contribution in [1.29, 1.82) is 5.26 Å². The summed E-state index contributed by atoms with van der Waals surface area (Å²) in [5, 5.41) is 9.06. The lowest BCUT2D eigenvalue weighted by Crippen LogP contribution is -2.14. The number of nitrogens with zero attached hydrogens (tertiary/aromatic N) is 1. The van der Waals surface area contributed by atoms with Crippen LogP contribution in [-0.4, -0.2) is 33.3 Å². The molecule has 2 aromatic carbocycles. The molecule has 180 valence electrons. The molecule has 0 radical (unpaired) electrons. The second-order valence-corrected chi connectivity index (χ2v) is 9.90. The number of halogens is 2. The lowest BCUT2D eigenvalue weighted by atomic mass is 9.83. The Morgan fingerprint density at radius 2 is 1.30 bits per heavy atom. The van der Waals surface area contributed by atoms with Gasteiger partial charge in [0.05, 0.1) is 45.5 Å². The summed E-state index contributed by atoms with van der Waals surface area (Å²) >= 11 is 3.47. The lowest BCUT2D eigenvalue weighted by molar-refractivity contribution is 0.0591. The first-order valence-electron chi connectivity index (χ1n) is 10.7. The molecule has 0 aliphatic rings. The fraction of sp³-hybridized carbons (Fsp3) is 0.423. The Balaban J connectivity index is 0.000000575. The van der Waals surface area contributed by atoms with Crippen LogP contribution in [0.5, 0.6) is 0 Å². The maximum absolute atomic E-state index is 11.3. The minimum absolute atomic E-state index is 0.0630. The van der Waals surface area contributed by atoms with Crippen LogP contribution in [0.3, 0.4) is 0 Å². The van der Waals surface area contributed by atoms with E-state index in [9.17, 15) is 14.0 Å². The highest BCUT2D eigenvalue weighted by atomic mass is 79.9. The van der Waals surface area contributed by atoms with E-state index in [1.807, 2.05) is 32.9 Å². The zero-order valence-corrected chi connectivity index (χ0v) is 22.1. The molecule has 33 heavy (non-hydrogen) atoms. The van der Waals surface area contributed by atoms with Crippen molar-refractivity contribution in [3.63, 3.8) is 0 Å². The molecule has 0 saturated carbocycles. The summed E-state index contributed by atoms with van der Waals surface area (Å²) in [6, 6.07) is 12.7. The van der Waals surface area contributed by atoms with Gasteiger partial charge in [0.25, 0.3) is 0 Å². The molecule has 0 bridgehead atoms. The Morgan fingerprint density at radius 3 is 1.64 bits per heavy atom. The van der Waals surface area contributed by atoms with Crippen LogP contribution >= 0.6 is 15.9 Å². The average molecular weight is 523 g/mol. The number of nitriles is 1. The van der Waals surface area contributed by atoms with Gasteiger partial charge in [-0.25, -0.2) is 9.59 Å². The van der Waals surface area contributed by atoms with Gasteiger partial charge < -0.3 is 9.47 Å². The minimum atomic E-state index is -1.00. The normalized spacial score (nSPS) is 10.9. The molecular formula is C26H33BrFNO4. The molecule has 0 aliphatic heterocycles. The van der Waals surface area contributed by atoms with Crippen molar-refractivity contribution in [2.45, 2.75) is 52.4 Å². The van der Waals surface area contributed by atoms with Gasteiger partial charge in [-0.15, -0.1) is 0 Å². The second-order valence-electron chi connectivity index (χ2n) is 9.05. The van der Waals surface area contributed by atoms with E-state index < -0.39 is 13.1 Å². The fourth-order valence-corrected chi connectivity index (χ4v) is 3.88. The first-order chi connectivity index (χ1) is 15.7. The van der Waals surface area contributed by atoms with Crippen molar-refractivity contribution in [3.05, 3.63) is 68.7 Å². The van der Waals surface area contributed by atoms with Crippen LogP contribution < -0.4 is 0 Å². The summed E-state index contributed by atoms with van der Waals surface area (Å²) in [5.74, 6) is -0.729. The highest BCUT2D eigenvalue weighted by Gasteiger charge is 2.20. The second kappa shape index (κ2) is 13.1. The van der Waals surface area contributed by atoms with E-state index in [-0.39, 0.29) is 16.8 Å². The lowest BCUT2D eigenvalue weighted by Gasteiger charge is -2.21. The summed E-state index contributed by atoms with van der Waals surface area (Å²) in [5.41, 5.74) is 3.56. The van der Waals surface area contributed by atoms with Gasteiger partial charge >= 0.3 is 11.9 Å². The van der Waals surface area contributed by atoms with E-state index >= 15 is 0 Å². The Bertz CT molecular complexity index is 1020. The molecule has 0 unspecified atom stereocenters. The van der Waals surface area contributed by atoms with Gasteiger partial charge in [-0.2, -0.15) is 5.26 Å². The predicted molar refractivity (Wildman–Crippen MR) is 132 cm³/mol. The summed E-state index contributed by atoms with van der Waals surface area (Å²) in [6.07, 6.45) is 0. The first kappa shape index (κ1) is 28.3. The van der Waals surface area contributed by atoms with Crippen molar-refractivity contribution >= 4 is 27.9 Å². The molecule has 0 heterocycles. The number of carbonyl (C=O) groups excluding carboxylic acids is 2. The average Bonchev–Trinajstić information content (AvgIpc) is 2.76. The van der Waals surface area contributed by atoms with Crippen LogP contribution in [0, 0.1) is 11.3 Å². The number of ether oxygens (including phenoxy) is 2. The molecule has 2 rings (SSSR count). The maximum atomic E-state index is 11.3. The van der Waals surface area contributed by atoms with E-state index in [4.69, 9.17) is 6.63 Å². The third-order valence-electron chi connectivity index (χ3n) is 4.57. The largest absolute Gasteiger partial charge is 0.465 e. The standard InChI is InChI=1S/C13H15NO2.C12H15BrO2.CH3F/c1-13(2,3)11-6-5-9(12(15)16-4)7-10(11)8-14;1-12(2,3)9-6-5-8(7-10(9)13)11(14)15-4;1-2/h5-7H,1-4H3;5-7H,1-4H3;1H3/i;;1D. The third-order valence-corrected chi connectivity index (χ3v) is 5.22. The number of carbonyl (C=O) groups is 2. The van der Waals surface area contributed by atoms with Gasteiger partial charge in [0.15, 0.2) is 0 Å². The first-order valence-corrected chi connectivity index (χ1v) is 10.8. The summed E-state index contributed by atoms with van der Waals surface area (Å²) in [7, 11) is 1.71. The van der Waals surface area contributed by atoms with Crippen LogP contribution in [0.2, 0.25) is 0 Å². The van der Waals surface area contributed by atoms with E-state index in [2.05, 4.69) is 52.2 Å². The number of benzene rings is 2. The molecule has 0 amide bonds. The number of hydrogen-bond acceptors (Lipinski definition) is 5. The molecule has 0 saturated heterocycles. The molecule has 0 fully saturated rings. The van der Waals surface area contributed by atoms with E-state index in [1.165, 1.54) is 19.8 Å². The van der Waals surface area contributed by atoms with Gasteiger partial charge in [-0.3, -0.25) is 4.39 Å². The monoisotopic (exact) mass is 522 g/mol. The van der Waals surface area contributed by atoms with Crippen molar-refractivity contribution in [1.82, 2.24) is 0 Å². The Kier molecular flexibility index (Phi) is 11.2. The van der Waals surface area contributed by atoms with E-state index in [0.29, 0.717) is 16.7 Å². The molecule has 0 atom stereocenters. The van der Waals surface area contributed by atoms with Crippen LogP contribution in [0.25, 0.3) is 0 Å². The highest BCUT2D eigenvalue weighted by Crippen LogP contribution is 2.30. The van der Waals surface area contributed by atoms with Gasteiger partial charge in [0.2, 0.25) is 0 Å². The number of esters is 2. The SMILES string of the molecule is COC(=O)c1ccc(C(C)(C)C)c(Br)c1.COC(=O)c1ccc(C(C)(C)C)c(C#N)c1.[2H]CF. The van der Waals surface area contributed by atoms with Crippen molar-refractivity contribution in [2.75, 3.05) is 21.4 Å². The fourth-order valence-electron chi connectivity index (χ4n) is 2.90. The molecule has 2 aromatic rings. The quantitative estimate of drug-likeness (QED) is 0.407. The van der Waals surface area contributed by atoms with Crippen molar-refractivity contribution in [3.8, 4) is 6.07 Å². The van der Waals surface area contributed by atoms with Crippen LogP contribution in [0.1, 0.15) is 80.3 Å². The molecule has 0 aromatic heterocycles. The minimum Gasteiger partial charge on any atom is -0.465 e. The molecule has 0 N–H and O–H groups in total. The summed E-state index contributed by atoms with van der Waals surface area (Å²) < 4.78 is 25.7. The summed E-state index contributed by atoms with van der Waals surface area (Å²) in [4.78, 5) is 22.6. The number of hydrogen-bond donors (Lipinski definition) is 0. The predicted octanol–water partition coefficient (Wildman–Crippen LogP) is 6.76. The van der Waals surface area contributed by atoms with Crippen LogP contribution in [0.15, 0.2) is 40.9 Å². The van der Waals surface area contributed by atoms with Crippen LogP contribution in [0.4, 0.5) is 4.39 Å². The summed E-state index contributed by atoms with van der Waals surface area (Å²) in [6.45, 7) is 12.5. The Morgan fingerprint density at radius 1 is 0.909 bits per heavy atom. The highest BCUT2D eigenvalue weighted by molar-refractivity contribution is 9.10. The molecule has 5 nitrogen and oxygen atoms in total. The zero-order valence-electron chi connectivity index (χ0n) is 21.5. The number of methoxy groups -OCH3 is 2. The zero-order chi connectivity index (χ0) is 26.7. The van der Waals surface area contributed by atoms with Gasteiger partial charge in [0.1, 0.15) is 0 Å². The number of rotatable bonds is 2.